The Morgan fingerprint density at radius 3 is 2.56 bits per heavy atom. The molecule has 0 heterocycles. The Labute approximate surface area is 61.4 Å². The molecule has 0 saturated heterocycles. The zero-order valence-corrected chi connectivity index (χ0v) is 6.36. The smallest absolute Gasteiger partial charge is 0.0406 e. The highest BCUT2D eigenvalue weighted by molar-refractivity contribution is 7.84. The Balaban J connectivity index is 4.19. The maximum atomic E-state index is 5.47. The Bertz CT molecular complexity index is 156. The van der Waals surface area contributed by atoms with Gasteiger partial charge in [0.05, 0.1) is 0 Å². The molecule has 50 valence electrons. The van der Waals surface area contributed by atoms with Crippen LogP contribution in [-0.4, -0.2) is 0 Å². The molecule has 0 saturated carbocycles. The summed E-state index contributed by atoms with van der Waals surface area (Å²) in [6, 6.07) is 0. The van der Waals surface area contributed by atoms with Gasteiger partial charge in [0.25, 0.3) is 0 Å². The van der Waals surface area contributed by atoms with E-state index in [4.69, 9.17) is 5.73 Å². The molecule has 0 aliphatic heterocycles. The van der Waals surface area contributed by atoms with Crippen LogP contribution in [0.4, 0.5) is 0 Å². The van der Waals surface area contributed by atoms with Crippen LogP contribution in [0, 0.1) is 0 Å². The minimum atomic E-state index is 0.679. The molecule has 0 bridgehead atoms. The minimum Gasteiger partial charge on any atom is -0.398 e. The van der Waals surface area contributed by atoms with Gasteiger partial charge in [-0.25, -0.2) is 0 Å². The summed E-state index contributed by atoms with van der Waals surface area (Å²) < 4.78 is 0. The quantitative estimate of drug-likeness (QED) is 0.445. The molecule has 0 rings (SSSR count). The summed E-state index contributed by atoms with van der Waals surface area (Å²) in [6.45, 7) is 5.37. The van der Waals surface area contributed by atoms with Crippen LogP contribution < -0.4 is 5.73 Å². The first-order valence-electron chi connectivity index (χ1n) is 2.66. The van der Waals surface area contributed by atoms with Crippen LogP contribution in [0.2, 0.25) is 0 Å². The molecular formula is C7H11NS. The summed E-state index contributed by atoms with van der Waals surface area (Å²) in [7, 11) is 0. The fraction of sp³-hybridized carbons (Fsp3) is 0.143. The Morgan fingerprint density at radius 2 is 2.22 bits per heavy atom. The third kappa shape index (κ3) is 3.03. The molecule has 2 heteroatoms. The Morgan fingerprint density at radius 1 is 1.67 bits per heavy atom. The second-order valence-corrected chi connectivity index (χ2v) is 2.01. The van der Waals surface area contributed by atoms with Crippen molar-refractivity contribution in [3.05, 3.63) is 35.4 Å². The standard InChI is InChI=1S/C7H11NS/c1-3-5-7(9)6(8)4-2/h3-5,9H,1,8H2,2H3/b6-4+,7-5+. The molecule has 2 N–H and O–H groups in total. The van der Waals surface area contributed by atoms with Crippen LogP contribution in [-0.2, 0) is 0 Å². The number of allylic oxidation sites excluding steroid dienone is 3. The van der Waals surface area contributed by atoms with Gasteiger partial charge in [-0.1, -0.05) is 18.7 Å². The van der Waals surface area contributed by atoms with E-state index in [1.807, 2.05) is 6.92 Å². The minimum absolute atomic E-state index is 0.679. The molecule has 0 unspecified atom stereocenters. The molecule has 0 aromatic rings. The van der Waals surface area contributed by atoms with Crippen molar-refractivity contribution in [1.29, 1.82) is 0 Å². The van der Waals surface area contributed by atoms with Gasteiger partial charge in [0.2, 0.25) is 0 Å². The van der Waals surface area contributed by atoms with Crippen molar-refractivity contribution in [2.24, 2.45) is 5.73 Å². The largest absolute Gasteiger partial charge is 0.398 e. The molecule has 0 radical (unpaired) electrons. The van der Waals surface area contributed by atoms with E-state index in [1.165, 1.54) is 0 Å². The maximum absolute atomic E-state index is 5.47. The van der Waals surface area contributed by atoms with E-state index in [0.717, 1.165) is 4.91 Å². The van der Waals surface area contributed by atoms with E-state index >= 15 is 0 Å². The summed E-state index contributed by atoms with van der Waals surface area (Å²) in [5.74, 6) is 0. The van der Waals surface area contributed by atoms with E-state index in [1.54, 1.807) is 18.2 Å². The average molecular weight is 141 g/mol. The molecule has 0 atom stereocenters. The van der Waals surface area contributed by atoms with Crippen LogP contribution in [0.5, 0.6) is 0 Å². The SMILES string of the molecule is C=C/C=C(S)\C(N)=C/C. The summed E-state index contributed by atoms with van der Waals surface area (Å²) >= 11 is 4.08. The molecule has 0 aliphatic rings. The highest BCUT2D eigenvalue weighted by Gasteiger charge is 1.87. The first-order valence-corrected chi connectivity index (χ1v) is 3.11. The topological polar surface area (TPSA) is 26.0 Å². The van der Waals surface area contributed by atoms with Crippen molar-refractivity contribution in [2.75, 3.05) is 0 Å². The molecule has 9 heavy (non-hydrogen) atoms. The average Bonchev–Trinajstić information content (AvgIpc) is 1.87. The molecule has 0 spiro atoms. The highest BCUT2D eigenvalue weighted by atomic mass is 32.1. The summed E-state index contributed by atoms with van der Waals surface area (Å²) in [5, 5.41) is 0. The molecular weight excluding hydrogens is 130 g/mol. The van der Waals surface area contributed by atoms with E-state index < -0.39 is 0 Å². The fourth-order valence-electron chi connectivity index (χ4n) is 0.356. The van der Waals surface area contributed by atoms with Gasteiger partial charge in [-0.3, -0.25) is 0 Å². The second kappa shape index (κ2) is 4.27. The number of hydrogen-bond acceptors (Lipinski definition) is 2. The van der Waals surface area contributed by atoms with Crippen molar-refractivity contribution < 1.29 is 0 Å². The third-order valence-corrected chi connectivity index (χ3v) is 1.29. The predicted octanol–water partition coefficient (Wildman–Crippen LogP) is 1.85. The van der Waals surface area contributed by atoms with E-state index in [2.05, 4.69) is 19.2 Å². The van der Waals surface area contributed by atoms with Gasteiger partial charge in [0.1, 0.15) is 0 Å². The van der Waals surface area contributed by atoms with Gasteiger partial charge in [0, 0.05) is 10.6 Å². The zero-order valence-electron chi connectivity index (χ0n) is 5.46. The maximum Gasteiger partial charge on any atom is 0.0406 e. The van der Waals surface area contributed by atoms with Crippen molar-refractivity contribution >= 4 is 12.6 Å². The second-order valence-electron chi connectivity index (χ2n) is 1.53. The van der Waals surface area contributed by atoms with Gasteiger partial charge in [-0.05, 0) is 13.0 Å². The van der Waals surface area contributed by atoms with Crippen LogP contribution in [0.15, 0.2) is 35.4 Å². The van der Waals surface area contributed by atoms with Crippen LogP contribution in [0.3, 0.4) is 0 Å². The molecule has 1 nitrogen and oxygen atoms in total. The van der Waals surface area contributed by atoms with Gasteiger partial charge in [0.15, 0.2) is 0 Å². The van der Waals surface area contributed by atoms with Crippen LogP contribution in [0.25, 0.3) is 0 Å². The normalized spacial score (nSPS) is 13.6. The number of hydrogen-bond donors (Lipinski definition) is 2. The summed E-state index contributed by atoms with van der Waals surface area (Å²) in [4.78, 5) is 0.757. The van der Waals surface area contributed by atoms with E-state index in [-0.39, 0.29) is 0 Å². The lowest BCUT2D eigenvalue weighted by molar-refractivity contribution is 1.38. The van der Waals surface area contributed by atoms with Crippen molar-refractivity contribution in [1.82, 2.24) is 0 Å². The lowest BCUT2D eigenvalue weighted by Gasteiger charge is -1.95. The Kier molecular flexibility index (Phi) is 3.97. The summed E-state index contributed by atoms with van der Waals surface area (Å²) in [5.41, 5.74) is 6.15. The lowest BCUT2D eigenvalue weighted by Crippen LogP contribution is -1.95. The molecule has 0 aliphatic carbocycles. The van der Waals surface area contributed by atoms with E-state index in [9.17, 15) is 0 Å². The van der Waals surface area contributed by atoms with Crippen LogP contribution >= 0.6 is 12.6 Å². The first kappa shape index (κ1) is 8.37. The van der Waals surface area contributed by atoms with Crippen molar-refractivity contribution in [3.63, 3.8) is 0 Å². The monoisotopic (exact) mass is 141 g/mol. The molecule has 0 amide bonds. The Hall–Kier alpha value is -0.630. The highest BCUT2D eigenvalue weighted by Crippen LogP contribution is 2.07. The number of rotatable bonds is 2. The van der Waals surface area contributed by atoms with Gasteiger partial charge >= 0.3 is 0 Å². The zero-order chi connectivity index (χ0) is 7.28. The van der Waals surface area contributed by atoms with Crippen molar-refractivity contribution in [2.45, 2.75) is 6.92 Å². The molecule has 0 fully saturated rings. The first-order chi connectivity index (χ1) is 4.22. The number of thiol groups is 1. The fourth-order valence-corrected chi connectivity index (χ4v) is 0.590. The molecule has 0 aromatic carbocycles. The predicted molar refractivity (Wildman–Crippen MR) is 45.2 cm³/mol. The van der Waals surface area contributed by atoms with E-state index in [0.29, 0.717) is 5.70 Å². The van der Waals surface area contributed by atoms with Crippen LogP contribution in [0.1, 0.15) is 6.92 Å². The number of nitrogens with two attached hydrogens (primary N) is 1. The summed E-state index contributed by atoms with van der Waals surface area (Å²) in [6.07, 6.45) is 5.19. The van der Waals surface area contributed by atoms with Gasteiger partial charge < -0.3 is 5.73 Å². The lowest BCUT2D eigenvalue weighted by atomic mass is 10.3. The van der Waals surface area contributed by atoms with Gasteiger partial charge in [-0.15, -0.1) is 12.6 Å². The van der Waals surface area contributed by atoms with Crippen molar-refractivity contribution in [3.8, 4) is 0 Å². The third-order valence-electron chi connectivity index (χ3n) is 0.882. The van der Waals surface area contributed by atoms with Gasteiger partial charge in [-0.2, -0.15) is 0 Å². The molecule has 0 aromatic heterocycles.